The molecule has 4 rings (SSSR count). The van der Waals surface area contributed by atoms with Crippen LogP contribution in [0.15, 0.2) is 24.3 Å². The van der Waals surface area contributed by atoms with Gasteiger partial charge in [-0.25, -0.2) is 0 Å². The highest BCUT2D eigenvalue weighted by Crippen LogP contribution is 2.55. The SMILES string of the molecule is CCC[C@@H]1CC[C@H]2[C@H](CC[C@H]3CC(c4ccc(C(F)(F)F)cc4)CC[C@@H]32)C1. The Labute approximate surface area is 161 Å². The quantitative estimate of drug-likeness (QED) is 0.503. The van der Waals surface area contributed by atoms with Crippen LogP contribution < -0.4 is 0 Å². The van der Waals surface area contributed by atoms with Crippen LogP contribution in [0.1, 0.15) is 88.2 Å². The van der Waals surface area contributed by atoms with Gasteiger partial charge in [0.15, 0.2) is 0 Å². The van der Waals surface area contributed by atoms with E-state index in [1.54, 1.807) is 12.1 Å². The number of hydrogen-bond donors (Lipinski definition) is 0. The molecular weight excluding hydrogens is 345 g/mol. The number of alkyl halides is 3. The molecule has 3 fully saturated rings. The molecule has 1 aromatic rings. The highest BCUT2D eigenvalue weighted by Gasteiger charge is 2.44. The first-order valence-corrected chi connectivity index (χ1v) is 11.1. The number of rotatable bonds is 3. The standard InChI is InChI=1S/C24H33F3/c1-2-3-16-4-12-22-19(14-16)5-6-20-15-18(9-13-23(20)22)17-7-10-21(11-8-17)24(25,26)27/h7-8,10-11,16,18-20,22-23H,2-6,9,12-15H2,1H3/t16-,18?,19-,20+,22+,23+/m1/s1. The molecule has 0 nitrogen and oxygen atoms in total. The average Bonchev–Trinajstić information content (AvgIpc) is 2.67. The maximum Gasteiger partial charge on any atom is 0.416 e. The third-order valence-electron chi connectivity index (χ3n) is 8.06. The minimum atomic E-state index is -4.23. The van der Waals surface area contributed by atoms with E-state index in [1.165, 1.54) is 69.9 Å². The summed E-state index contributed by atoms with van der Waals surface area (Å²) in [7, 11) is 0. The zero-order chi connectivity index (χ0) is 19.0. The summed E-state index contributed by atoms with van der Waals surface area (Å²) >= 11 is 0. The van der Waals surface area contributed by atoms with Crippen LogP contribution in [0, 0.1) is 29.6 Å². The third-order valence-corrected chi connectivity index (χ3v) is 8.06. The lowest BCUT2D eigenvalue weighted by Gasteiger charge is -2.51. The summed E-state index contributed by atoms with van der Waals surface area (Å²) < 4.78 is 38.5. The molecule has 3 aliphatic carbocycles. The van der Waals surface area contributed by atoms with E-state index in [0.29, 0.717) is 5.92 Å². The largest absolute Gasteiger partial charge is 0.416 e. The van der Waals surface area contributed by atoms with Gasteiger partial charge in [-0.1, -0.05) is 38.3 Å². The lowest BCUT2D eigenvalue weighted by atomic mass is 9.55. The second kappa shape index (κ2) is 7.79. The smallest absolute Gasteiger partial charge is 0.166 e. The average molecular weight is 379 g/mol. The zero-order valence-corrected chi connectivity index (χ0v) is 16.5. The number of fused-ring (bicyclic) bond motifs is 3. The van der Waals surface area contributed by atoms with Crippen LogP contribution in [0.25, 0.3) is 0 Å². The van der Waals surface area contributed by atoms with Crippen molar-refractivity contribution in [3.63, 3.8) is 0 Å². The van der Waals surface area contributed by atoms with E-state index >= 15 is 0 Å². The van der Waals surface area contributed by atoms with Gasteiger partial charge in [0.1, 0.15) is 0 Å². The fraction of sp³-hybridized carbons (Fsp3) is 0.750. The topological polar surface area (TPSA) is 0 Å². The van der Waals surface area contributed by atoms with Gasteiger partial charge < -0.3 is 0 Å². The Balaban J connectivity index is 1.39. The molecule has 0 radical (unpaired) electrons. The van der Waals surface area contributed by atoms with Crippen LogP contribution in [-0.4, -0.2) is 0 Å². The van der Waals surface area contributed by atoms with Crippen LogP contribution in [-0.2, 0) is 6.18 Å². The van der Waals surface area contributed by atoms with Crippen molar-refractivity contribution in [1.82, 2.24) is 0 Å². The summed E-state index contributed by atoms with van der Waals surface area (Å²) in [6, 6.07) is 6.01. The minimum absolute atomic E-state index is 0.460. The number of hydrogen-bond acceptors (Lipinski definition) is 0. The molecule has 6 atom stereocenters. The van der Waals surface area contributed by atoms with Crippen molar-refractivity contribution in [3.8, 4) is 0 Å². The fourth-order valence-corrected chi connectivity index (χ4v) is 6.81. The lowest BCUT2D eigenvalue weighted by Crippen LogP contribution is -2.41. The maximum atomic E-state index is 12.8. The second-order valence-corrected chi connectivity index (χ2v) is 9.52. The van der Waals surface area contributed by atoms with Crippen molar-refractivity contribution >= 4 is 0 Å². The van der Waals surface area contributed by atoms with E-state index < -0.39 is 11.7 Å². The predicted molar refractivity (Wildman–Crippen MR) is 103 cm³/mol. The molecule has 0 N–H and O–H groups in total. The third kappa shape index (κ3) is 4.07. The van der Waals surface area contributed by atoms with Crippen molar-refractivity contribution in [2.24, 2.45) is 29.6 Å². The Hall–Kier alpha value is -0.990. The van der Waals surface area contributed by atoms with Crippen molar-refractivity contribution in [2.75, 3.05) is 0 Å². The Kier molecular flexibility index (Phi) is 5.58. The first-order chi connectivity index (χ1) is 13.0. The van der Waals surface area contributed by atoms with Crippen LogP contribution >= 0.6 is 0 Å². The highest BCUT2D eigenvalue weighted by atomic mass is 19.4. The van der Waals surface area contributed by atoms with Crippen LogP contribution in [0.3, 0.4) is 0 Å². The van der Waals surface area contributed by atoms with Crippen molar-refractivity contribution in [3.05, 3.63) is 35.4 Å². The molecule has 0 aromatic heterocycles. The van der Waals surface area contributed by atoms with Crippen LogP contribution in [0.5, 0.6) is 0 Å². The normalized spacial score (nSPS) is 36.7. The van der Waals surface area contributed by atoms with Crippen molar-refractivity contribution in [1.29, 1.82) is 0 Å². The van der Waals surface area contributed by atoms with E-state index in [0.717, 1.165) is 41.6 Å². The number of halogens is 3. The number of benzene rings is 1. The molecule has 3 saturated carbocycles. The van der Waals surface area contributed by atoms with Gasteiger partial charge in [-0.05, 0) is 98.1 Å². The minimum Gasteiger partial charge on any atom is -0.166 e. The molecule has 1 aromatic carbocycles. The van der Waals surface area contributed by atoms with Gasteiger partial charge >= 0.3 is 6.18 Å². The van der Waals surface area contributed by atoms with E-state index in [9.17, 15) is 13.2 Å². The fourth-order valence-electron chi connectivity index (χ4n) is 6.81. The molecule has 0 amide bonds. The molecule has 0 heterocycles. The Morgan fingerprint density at radius 3 is 2.07 bits per heavy atom. The van der Waals surface area contributed by atoms with E-state index in [2.05, 4.69) is 6.92 Å². The maximum absolute atomic E-state index is 12.8. The first kappa shape index (κ1) is 19.3. The van der Waals surface area contributed by atoms with Gasteiger partial charge in [0, 0.05) is 0 Å². The Morgan fingerprint density at radius 2 is 1.44 bits per heavy atom. The molecule has 1 unspecified atom stereocenters. The molecule has 150 valence electrons. The van der Waals surface area contributed by atoms with Gasteiger partial charge in [-0.2, -0.15) is 13.2 Å². The Bertz CT molecular complexity index is 618. The van der Waals surface area contributed by atoms with Crippen LogP contribution in [0.4, 0.5) is 13.2 Å². The molecule has 27 heavy (non-hydrogen) atoms. The molecule has 0 bridgehead atoms. The first-order valence-electron chi connectivity index (χ1n) is 11.1. The molecular formula is C24H33F3. The lowest BCUT2D eigenvalue weighted by molar-refractivity contribution is -0.137. The van der Waals surface area contributed by atoms with Gasteiger partial charge in [0.05, 0.1) is 5.56 Å². The highest BCUT2D eigenvalue weighted by molar-refractivity contribution is 5.27. The predicted octanol–water partition coefficient (Wildman–Crippen LogP) is 7.83. The Morgan fingerprint density at radius 1 is 0.815 bits per heavy atom. The van der Waals surface area contributed by atoms with E-state index in [4.69, 9.17) is 0 Å². The molecule has 0 aliphatic heterocycles. The second-order valence-electron chi connectivity index (χ2n) is 9.52. The molecule has 3 aliphatic rings. The van der Waals surface area contributed by atoms with Gasteiger partial charge in [-0.15, -0.1) is 0 Å². The molecule has 0 spiro atoms. The molecule has 0 saturated heterocycles. The summed E-state index contributed by atoms with van der Waals surface area (Å²) in [5.74, 6) is 5.01. The van der Waals surface area contributed by atoms with Crippen LogP contribution in [0.2, 0.25) is 0 Å². The molecule has 3 heteroatoms. The van der Waals surface area contributed by atoms with Gasteiger partial charge in [0.25, 0.3) is 0 Å². The summed E-state index contributed by atoms with van der Waals surface area (Å²) in [6.07, 6.45) is 9.21. The summed E-state index contributed by atoms with van der Waals surface area (Å²) in [4.78, 5) is 0. The van der Waals surface area contributed by atoms with E-state index in [-0.39, 0.29) is 0 Å². The summed E-state index contributed by atoms with van der Waals surface area (Å²) in [5, 5.41) is 0. The van der Waals surface area contributed by atoms with E-state index in [1.807, 2.05) is 0 Å². The van der Waals surface area contributed by atoms with Gasteiger partial charge in [-0.3, -0.25) is 0 Å². The van der Waals surface area contributed by atoms with Crippen molar-refractivity contribution < 1.29 is 13.2 Å². The van der Waals surface area contributed by atoms with Gasteiger partial charge in [0.2, 0.25) is 0 Å². The summed E-state index contributed by atoms with van der Waals surface area (Å²) in [6.45, 7) is 2.31. The van der Waals surface area contributed by atoms with Crippen molar-refractivity contribution in [2.45, 2.75) is 83.2 Å². The zero-order valence-electron chi connectivity index (χ0n) is 16.5. The summed E-state index contributed by atoms with van der Waals surface area (Å²) in [5.41, 5.74) is 0.597. The monoisotopic (exact) mass is 378 g/mol.